The molecule has 0 saturated carbocycles. The summed E-state index contributed by atoms with van der Waals surface area (Å²) in [6.45, 7) is 4.10. The van der Waals surface area contributed by atoms with Crippen LogP contribution in [-0.4, -0.2) is 44.3 Å². The molecule has 25 heavy (non-hydrogen) atoms. The molecule has 2 aromatic rings. The minimum Gasteiger partial charge on any atom is -0.481 e. The lowest BCUT2D eigenvalue weighted by Gasteiger charge is -2.23. The minimum atomic E-state index is -0.875. The van der Waals surface area contributed by atoms with Crippen molar-refractivity contribution < 1.29 is 19.1 Å². The highest BCUT2D eigenvalue weighted by Gasteiger charge is 2.39. The molecule has 2 atom stereocenters. The van der Waals surface area contributed by atoms with E-state index in [2.05, 4.69) is 5.10 Å². The molecule has 0 spiro atoms. The third kappa shape index (κ3) is 3.01. The van der Waals surface area contributed by atoms with E-state index in [0.29, 0.717) is 30.6 Å². The Balaban J connectivity index is 1.92. The van der Waals surface area contributed by atoms with Crippen LogP contribution < -0.4 is 0 Å². The first kappa shape index (κ1) is 17.1. The van der Waals surface area contributed by atoms with Crippen molar-refractivity contribution in [3.8, 4) is 5.69 Å². The largest absolute Gasteiger partial charge is 0.481 e. The minimum absolute atomic E-state index is 0.207. The molecule has 6 nitrogen and oxygen atoms in total. The molecule has 7 heteroatoms. The van der Waals surface area contributed by atoms with E-state index in [1.807, 2.05) is 6.92 Å². The molecule has 1 aromatic carbocycles. The number of carboxylic acids is 1. The van der Waals surface area contributed by atoms with Gasteiger partial charge in [-0.25, -0.2) is 9.07 Å². The van der Waals surface area contributed by atoms with Gasteiger partial charge in [0.15, 0.2) is 0 Å². The van der Waals surface area contributed by atoms with Crippen molar-refractivity contribution in [2.45, 2.75) is 32.7 Å². The van der Waals surface area contributed by atoms with Gasteiger partial charge in [-0.05, 0) is 44.0 Å². The van der Waals surface area contributed by atoms with Crippen LogP contribution in [0.3, 0.4) is 0 Å². The number of nitrogens with zero attached hydrogens (tertiary/aromatic N) is 3. The maximum Gasteiger partial charge on any atom is 0.308 e. The van der Waals surface area contributed by atoms with Crippen LogP contribution in [0, 0.1) is 11.7 Å². The van der Waals surface area contributed by atoms with Gasteiger partial charge in [-0.15, -0.1) is 0 Å². The van der Waals surface area contributed by atoms with E-state index < -0.39 is 11.9 Å². The summed E-state index contributed by atoms with van der Waals surface area (Å²) in [5, 5.41) is 13.5. The summed E-state index contributed by atoms with van der Waals surface area (Å²) in [4.78, 5) is 25.8. The normalized spacial score (nSPS) is 20.0. The molecule has 0 bridgehead atoms. The van der Waals surface area contributed by atoms with Gasteiger partial charge in [0.1, 0.15) is 5.82 Å². The zero-order chi connectivity index (χ0) is 18.1. The number of carboxylic acid groups (broad SMARTS) is 1. The van der Waals surface area contributed by atoms with Gasteiger partial charge in [0.25, 0.3) is 5.91 Å². The molecule has 1 N–H and O–H groups in total. The standard InChI is InChI=1S/C18H20FN3O3/c1-3-16-15(10-20-22(16)13-6-4-12(19)5-7-13)17(23)21-9-8-14(11(21)2)18(24)25/h4-7,10-11,14H,3,8-9H2,1-2H3,(H,24,25). The van der Waals surface area contributed by atoms with E-state index >= 15 is 0 Å². The monoisotopic (exact) mass is 345 g/mol. The second-order valence-corrected chi connectivity index (χ2v) is 6.22. The van der Waals surface area contributed by atoms with Gasteiger partial charge >= 0.3 is 5.97 Å². The fraction of sp³-hybridized carbons (Fsp3) is 0.389. The first-order valence-corrected chi connectivity index (χ1v) is 8.30. The van der Waals surface area contributed by atoms with Crippen molar-refractivity contribution in [3.05, 3.63) is 47.5 Å². The fourth-order valence-corrected chi connectivity index (χ4v) is 3.41. The molecule has 2 unspecified atom stereocenters. The van der Waals surface area contributed by atoms with E-state index in [1.54, 1.807) is 28.6 Å². The Bertz CT molecular complexity index is 800. The smallest absolute Gasteiger partial charge is 0.308 e. The van der Waals surface area contributed by atoms with Crippen molar-refractivity contribution >= 4 is 11.9 Å². The van der Waals surface area contributed by atoms with Gasteiger partial charge in [-0.1, -0.05) is 6.92 Å². The Morgan fingerprint density at radius 3 is 2.56 bits per heavy atom. The Morgan fingerprint density at radius 2 is 2.00 bits per heavy atom. The van der Waals surface area contributed by atoms with Gasteiger partial charge in [0.05, 0.1) is 29.1 Å². The first-order valence-electron chi connectivity index (χ1n) is 8.30. The molecule has 1 saturated heterocycles. The predicted molar refractivity (Wildman–Crippen MR) is 89.1 cm³/mol. The van der Waals surface area contributed by atoms with Gasteiger partial charge in [-0.2, -0.15) is 5.10 Å². The number of carbonyl (C=O) groups is 2. The van der Waals surface area contributed by atoms with E-state index in [4.69, 9.17) is 0 Å². The quantitative estimate of drug-likeness (QED) is 0.924. The van der Waals surface area contributed by atoms with Crippen molar-refractivity contribution in [2.24, 2.45) is 5.92 Å². The number of aliphatic carboxylic acids is 1. The highest BCUT2D eigenvalue weighted by Crippen LogP contribution is 2.27. The molecule has 1 aliphatic rings. The third-order valence-corrected chi connectivity index (χ3v) is 4.84. The molecule has 1 aliphatic heterocycles. The van der Waals surface area contributed by atoms with Crippen molar-refractivity contribution in [3.63, 3.8) is 0 Å². The van der Waals surface area contributed by atoms with Gasteiger partial charge in [0.2, 0.25) is 0 Å². The van der Waals surface area contributed by atoms with Gasteiger partial charge < -0.3 is 10.0 Å². The number of rotatable bonds is 4. The SMILES string of the molecule is CCc1c(C(=O)N2CCC(C(=O)O)C2C)cnn1-c1ccc(F)cc1. The van der Waals surface area contributed by atoms with Crippen LogP contribution in [0.1, 0.15) is 36.3 Å². The van der Waals surface area contributed by atoms with Crippen LogP contribution in [-0.2, 0) is 11.2 Å². The van der Waals surface area contributed by atoms with E-state index in [0.717, 1.165) is 5.69 Å². The molecule has 2 heterocycles. The molecule has 1 fully saturated rings. The fourth-order valence-electron chi connectivity index (χ4n) is 3.41. The molecule has 1 amide bonds. The van der Waals surface area contributed by atoms with Crippen LogP contribution >= 0.6 is 0 Å². The van der Waals surface area contributed by atoms with Gasteiger partial charge in [0, 0.05) is 12.6 Å². The summed E-state index contributed by atoms with van der Waals surface area (Å²) in [5.41, 5.74) is 1.86. The van der Waals surface area contributed by atoms with Crippen LogP contribution in [0.5, 0.6) is 0 Å². The Hall–Kier alpha value is -2.70. The van der Waals surface area contributed by atoms with E-state index in [9.17, 15) is 19.1 Å². The van der Waals surface area contributed by atoms with Crippen LogP contribution in [0.4, 0.5) is 4.39 Å². The maximum absolute atomic E-state index is 13.1. The number of aromatic nitrogens is 2. The number of hydrogen-bond donors (Lipinski definition) is 1. The van der Waals surface area contributed by atoms with E-state index in [1.165, 1.54) is 18.3 Å². The molecule has 0 aliphatic carbocycles. The predicted octanol–water partition coefficient (Wildman–Crippen LogP) is 2.51. The van der Waals surface area contributed by atoms with Crippen LogP contribution in [0.25, 0.3) is 5.69 Å². The molecule has 3 rings (SSSR count). The highest BCUT2D eigenvalue weighted by molar-refractivity contribution is 5.96. The number of halogens is 1. The lowest BCUT2D eigenvalue weighted by molar-refractivity contribution is -0.142. The average molecular weight is 345 g/mol. The average Bonchev–Trinajstić information content (AvgIpc) is 3.18. The zero-order valence-electron chi connectivity index (χ0n) is 14.1. The Kier molecular flexibility index (Phi) is 4.57. The molecular weight excluding hydrogens is 325 g/mol. The summed E-state index contributed by atoms with van der Waals surface area (Å²) >= 11 is 0. The third-order valence-electron chi connectivity index (χ3n) is 4.84. The summed E-state index contributed by atoms with van der Waals surface area (Å²) in [7, 11) is 0. The molecule has 0 radical (unpaired) electrons. The van der Waals surface area contributed by atoms with Crippen molar-refractivity contribution in [2.75, 3.05) is 6.54 Å². The maximum atomic E-state index is 13.1. The topological polar surface area (TPSA) is 75.4 Å². The summed E-state index contributed by atoms with van der Waals surface area (Å²) < 4.78 is 14.8. The number of amides is 1. The van der Waals surface area contributed by atoms with E-state index in [-0.39, 0.29) is 17.8 Å². The van der Waals surface area contributed by atoms with Crippen molar-refractivity contribution in [1.29, 1.82) is 0 Å². The second kappa shape index (κ2) is 6.66. The number of carbonyl (C=O) groups excluding carboxylic acids is 1. The lowest BCUT2D eigenvalue weighted by atomic mass is 10.0. The Morgan fingerprint density at radius 1 is 1.32 bits per heavy atom. The van der Waals surface area contributed by atoms with Crippen molar-refractivity contribution in [1.82, 2.24) is 14.7 Å². The molecular formula is C18H20FN3O3. The summed E-state index contributed by atoms with van der Waals surface area (Å²) in [5.74, 6) is -1.96. The molecule has 1 aromatic heterocycles. The highest BCUT2D eigenvalue weighted by atomic mass is 19.1. The van der Waals surface area contributed by atoms with Gasteiger partial charge in [-0.3, -0.25) is 9.59 Å². The van der Waals surface area contributed by atoms with Crippen LogP contribution in [0.2, 0.25) is 0 Å². The summed E-state index contributed by atoms with van der Waals surface area (Å²) in [6, 6.07) is 5.54. The van der Waals surface area contributed by atoms with Crippen LogP contribution in [0.15, 0.2) is 30.5 Å². The lowest BCUT2D eigenvalue weighted by Crippen LogP contribution is -2.38. The zero-order valence-corrected chi connectivity index (χ0v) is 14.1. The first-order chi connectivity index (χ1) is 11.9. The summed E-state index contributed by atoms with van der Waals surface area (Å²) in [6.07, 6.45) is 2.53. The molecule has 132 valence electrons. The number of likely N-dealkylation sites (tertiary alicyclic amines) is 1. The number of benzene rings is 1. The second-order valence-electron chi connectivity index (χ2n) is 6.22. The number of hydrogen-bond acceptors (Lipinski definition) is 3. The Labute approximate surface area is 144 Å².